The van der Waals surface area contributed by atoms with E-state index in [0.29, 0.717) is 11.3 Å². The first-order valence-electron chi connectivity index (χ1n) is 8.13. The monoisotopic (exact) mass is 360 g/mol. The van der Waals surface area contributed by atoms with Crippen molar-refractivity contribution in [2.75, 3.05) is 13.7 Å². The normalized spacial score (nSPS) is 16.2. The van der Waals surface area contributed by atoms with Gasteiger partial charge >= 0.3 is 5.97 Å². The van der Waals surface area contributed by atoms with E-state index < -0.39 is 12.6 Å². The van der Waals surface area contributed by atoms with Crippen molar-refractivity contribution in [3.63, 3.8) is 0 Å². The Hall–Kier alpha value is -2.41. The van der Waals surface area contributed by atoms with E-state index in [9.17, 15) is 9.59 Å². The molecule has 6 nitrogen and oxygen atoms in total. The quantitative estimate of drug-likeness (QED) is 0.886. The molecule has 1 aliphatic carbocycles. The summed E-state index contributed by atoms with van der Waals surface area (Å²) in [6, 6.07) is 6.68. The van der Waals surface area contributed by atoms with Crippen LogP contribution in [0.5, 0.6) is 5.75 Å². The second-order valence-corrected chi connectivity index (χ2v) is 7.31. The van der Waals surface area contributed by atoms with Crippen LogP contribution >= 0.6 is 11.3 Å². The lowest BCUT2D eigenvalue weighted by Gasteiger charge is -2.30. The molecule has 1 N–H and O–H groups in total. The number of nitrogens with zero attached hydrogens (tertiary/aromatic N) is 2. The van der Waals surface area contributed by atoms with E-state index in [1.165, 1.54) is 4.88 Å². The van der Waals surface area contributed by atoms with Crippen LogP contribution in [0.15, 0.2) is 24.3 Å². The number of aliphatic carboxylic acids is 1. The van der Waals surface area contributed by atoms with Crippen LogP contribution in [-0.4, -0.2) is 40.5 Å². The third kappa shape index (κ3) is 3.82. The Morgan fingerprint density at radius 3 is 3.00 bits per heavy atom. The number of aryl methyl sites for hydroxylation is 2. The third-order valence-electron chi connectivity index (χ3n) is 4.26. The van der Waals surface area contributed by atoms with Gasteiger partial charge < -0.3 is 14.7 Å². The van der Waals surface area contributed by atoms with Crippen LogP contribution in [0.25, 0.3) is 0 Å². The minimum absolute atomic E-state index is 0.0334. The van der Waals surface area contributed by atoms with Gasteiger partial charge in [-0.1, -0.05) is 6.07 Å². The van der Waals surface area contributed by atoms with Crippen molar-refractivity contribution in [1.29, 1.82) is 0 Å². The summed E-state index contributed by atoms with van der Waals surface area (Å²) in [7, 11) is 1.81. The smallest absolute Gasteiger partial charge is 0.341 e. The van der Waals surface area contributed by atoms with Crippen molar-refractivity contribution < 1.29 is 19.4 Å². The first-order chi connectivity index (χ1) is 12.0. The number of carboxylic acid groups (broad SMARTS) is 1. The number of hydrogen-bond acceptors (Lipinski definition) is 5. The topological polar surface area (TPSA) is 79.7 Å². The number of rotatable bonds is 5. The van der Waals surface area contributed by atoms with Crippen LogP contribution < -0.4 is 4.74 Å². The highest BCUT2D eigenvalue weighted by atomic mass is 32.1. The van der Waals surface area contributed by atoms with Gasteiger partial charge in [0, 0.05) is 12.6 Å². The zero-order valence-electron chi connectivity index (χ0n) is 14.2. The van der Waals surface area contributed by atoms with Crippen LogP contribution in [-0.2, 0) is 11.2 Å². The Morgan fingerprint density at radius 2 is 2.24 bits per heavy atom. The van der Waals surface area contributed by atoms with Gasteiger partial charge in [-0.25, -0.2) is 9.78 Å². The predicted octanol–water partition coefficient (Wildman–Crippen LogP) is 3.06. The molecule has 0 aliphatic heterocycles. The summed E-state index contributed by atoms with van der Waals surface area (Å²) < 4.78 is 5.16. The number of carbonyl (C=O) groups is 2. The molecule has 1 aromatic heterocycles. The van der Waals surface area contributed by atoms with Crippen LogP contribution in [0.1, 0.15) is 44.8 Å². The fourth-order valence-corrected chi connectivity index (χ4v) is 4.25. The summed E-state index contributed by atoms with van der Waals surface area (Å²) in [5.74, 6) is -0.784. The van der Waals surface area contributed by atoms with Crippen molar-refractivity contribution >= 4 is 23.2 Å². The second kappa shape index (κ2) is 7.23. The molecule has 0 spiro atoms. The SMILES string of the molecule is Cc1nc2c(s1)C(N(C)C(=O)c1cccc(OCC(=O)O)c1)CCC2. The number of aromatic nitrogens is 1. The molecule has 0 fully saturated rings. The summed E-state index contributed by atoms with van der Waals surface area (Å²) in [5.41, 5.74) is 1.59. The predicted molar refractivity (Wildman–Crippen MR) is 94.2 cm³/mol. The maximum absolute atomic E-state index is 12.9. The van der Waals surface area contributed by atoms with Gasteiger partial charge in [0.15, 0.2) is 6.61 Å². The summed E-state index contributed by atoms with van der Waals surface area (Å²) in [6.45, 7) is 1.56. The highest BCUT2D eigenvalue weighted by Gasteiger charge is 2.30. The van der Waals surface area contributed by atoms with Crippen LogP contribution in [0.3, 0.4) is 0 Å². The number of hydrogen-bond donors (Lipinski definition) is 1. The van der Waals surface area contributed by atoms with E-state index in [2.05, 4.69) is 4.98 Å². The van der Waals surface area contributed by atoms with Gasteiger partial charge in [-0.05, 0) is 44.4 Å². The van der Waals surface area contributed by atoms with Gasteiger partial charge in [-0.15, -0.1) is 11.3 Å². The van der Waals surface area contributed by atoms with Gasteiger partial charge in [-0.2, -0.15) is 0 Å². The van der Waals surface area contributed by atoms with Gasteiger partial charge in [0.1, 0.15) is 5.75 Å². The van der Waals surface area contributed by atoms with Gasteiger partial charge in [-0.3, -0.25) is 4.79 Å². The molecule has 0 radical (unpaired) electrons. The van der Waals surface area contributed by atoms with Gasteiger partial charge in [0.05, 0.1) is 21.6 Å². The summed E-state index contributed by atoms with van der Waals surface area (Å²) in [5, 5.41) is 9.73. The Balaban J connectivity index is 1.79. The van der Waals surface area contributed by atoms with Crippen molar-refractivity contribution in [3.8, 4) is 5.75 Å². The van der Waals surface area contributed by atoms with Gasteiger partial charge in [0.2, 0.25) is 0 Å². The van der Waals surface area contributed by atoms with E-state index in [1.807, 2.05) is 14.0 Å². The highest BCUT2D eigenvalue weighted by Crippen LogP contribution is 2.37. The maximum atomic E-state index is 12.9. The molecule has 132 valence electrons. The average Bonchev–Trinajstić information content (AvgIpc) is 2.99. The second-order valence-electron chi connectivity index (χ2n) is 6.08. The minimum atomic E-state index is -1.05. The zero-order chi connectivity index (χ0) is 18.0. The number of carboxylic acids is 1. The Morgan fingerprint density at radius 1 is 1.44 bits per heavy atom. The number of thiazole rings is 1. The first-order valence-corrected chi connectivity index (χ1v) is 8.95. The molecule has 7 heteroatoms. The maximum Gasteiger partial charge on any atom is 0.341 e. The van der Waals surface area contributed by atoms with Crippen molar-refractivity contribution in [3.05, 3.63) is 45.4 Å². The molecule has 2 aromatic rings. The van der Waals surface area contributed by atoms with Crippen molar-refractivity contribution in [1.82, 2.24) is 9.88 Å². The molecule has 0 saturated carbocycles. The van der Waals surface area contributed by atoms with Gasteiger partial charge in [0.25, 0.3) is 5.91 Å². The van der Waals surface area contributed by atoms with E-state index in [-0.39, 0.29) is 11.9 Å². The highest BCUT2D eigenvalue weighted by molar-refractivity contribution is 7.11. The largest absolute Gasteiger partial charge is 0.482 e. The standard InChI is InChI=1S/C18H20N2O4S/c1-11-19-14-7-4-8-15(17(14)25-11)20(2)18(23)12-5-3-6-13(9-12)24-10-16(21)22/h3,5-6,9,15H,4,7-8,10H2,1-2H3,(H,21,22). The average molecular weight is 360 g/mol. The van der Waals surface area contributed by atoms with E-state index in [0.717, 1.165) is 30.0 Å². The molecule has 3 rings (SSSR count). The number of ether oxygens (including phenoxy) is 1. The molecule has 1 aliphatic rings. The van der Waals surface area contributed by atoms with Crippen LogP contribution in [0.2, 0.25) is 0 Å². The molecule has 0 bridgehead atoms. The molecule has 1 atom stereocenters. The molecule has 0 saturated heterocycles. The van der Waals surface area contributed by atoms with E-state index in [4.69, 9.17) is 9.84 Å². The Bertz CT molecular complexity index is 802. The molecular formula is C18H20N2O4S. The lowest BCUT2D eigenvalue weighted by Crippen LogP contribution is -2.32. The van der Waals surface area contributed by atoms with Crippen molar-refractivity contribution in [2.45, 2.75) is 32.2 Å². The third-order valence-corrected chi connectivity index (χ3v) is 5.37. The fourth-order valence-electron chi connectivity index (χ4n) is 3.10. The number of fused-ring (bicyclic) bond motifs is 1. The first kappa shape index (κ1) is 17.4. The fraction of sp³-hybridized carbons (Fsp3) is 0.389. The number of amides is 1. The van der Waals surface area contributed by atoms with Crippen molar-refractivity contribution in [2.24, 2.45) is 0 Å². The molecule has 25 heavy (non-hydrogen) atoms. The van der Waals surface area contributed by atoms with Crippen LogP contribution in [0, 0.1) is 6.92 Å². The lowest BCUT2D eigenvalue weighted by molar-refractivity contribution is -0.139. The van der Waals surface area contributed by atoms with E-state index >= 15 is 0 Å². The molecule has 1 aromatic carbocycles. The number of benzene rings is 1. The number of carbonyl (C=O) groups excluding carboxylic acids is 1. The zero-order valence-corrected chi connectivity index (χ0v) is 15.0. The summed E-state index contributed by atoms with van der Waals surface area (Å²) in [6.07, 6.45) is 2.91. The Kier molecular flexibility index (Phi) is 5.03. The molecule has 1 amide bonds. The molecule has 1 unspecified atom stereocenters. The molecular weight excluding hydrogens is 340 g/mol. The Labute approximate surface area is 150 Å². The van der Waals surface area contributed by atoms with E-state index in [1.54, 1.807) is 40.5 Å². The minimum Gasteiger partial charge on any atom is -0.482 e. The summed E-state index contributed by atoms with van der Waals surface area (Å²) >= 11 is 1.66. The summed E-state index contributed by atoms with van der Waals surface area (Å²) in [4.78, 5) is 31.0. The lowest BCUT2D eigenvalue weighted by atomic mass is 9.96. The molecule has 1 heterocycles. The van der Waals surface area contributed by atoms with Crippen LogP contribution in [0.4, 0.5) is 0 Å².